The minimum Gasteiger partial charge on any atom is -0.396 e. The molecule has 0 aliphatic carbocycles. The largest absolute Gasteiger partial charge is 0.396 e. The summed E-state index contributed by atoms with van der Waals surface area (Å²) in [5.41, 5.74) is 2.43. The normalized spacial score (nSPS) is 10.6. The molecular weight excluding hydrogens is 373 g/mol. The molecule has 0 aliphatic rings. The van der Waals surface area contributed by atoms with Crippen molar-refractivity contribution in [2.24, 2.45) is 0 Å². The van der Waals surface area contributed by atoms with Gasteiger partial charge in [0.1, 0.15) is 5.82 Å². The fourth-order valence-electron chi connectivity index (χ4n) is 2.26. The molecule has 0 saturated carbocycles. The Bertz CT molecular complexity index is 877. The van der Waals surface area contributed by atoms with Gasteiger partial charge in [0.2, 0.25) is 5.95 Å². The molecule has 3 aromatic rings. The number of nitrogens with zero attached hydrogens (tertiary/aromatic N) is 3. The zero-order valence-electron chi connectivity index (χ0n) is 13.8. The molecule has 1 aromatic carbocycles. The molecule has 0 spiro atoms. The molecule has 0 fully saturated rings. The van der Waals surface area contributed by atoms with Gasteiger partial charge in [-0.25, -0.2) is 4.98 Å². The number of nitrogens with one attached hydrogen (secondary N) is 2. The minimum absolute atomic E-state index is 0.103. The Balaban J connectivity index is 1.91. The van der Waals surface area contributed by atoms with Crippen molar-refractivity contribution >= 4 is 40.7 Å². The Labute approximate surface area is 161 Å². The molecule has 134 valence electrons. The van der Waals surface area contributed by atoms with E-state index in [1.54, 1.807) is 24.5 Å². The summed E-state index contributed by atoms with van der Waals surface area (Å²) in [4.78, 5) is 13.0. The second kappa shape index (κ2) is 8.80. The molecule has 0 aliphatic heterocycles. The third-order valence-electron chi connectivity index (χ3n) is 3.51. The summed E-state index contributed by atoms with van der Waals surface area (Å²) in [7, 11) is 0. The van der Waals surface area contributed by atoms with E-state index in [2.05, 4.69) is 25.6 Å². The number of aliphatic hydroxyl groups excluding tert-OH is 1. The fraction of sp³-hybridized carbons (Fsp3) is 0.167. The van der Waals surface area contributed by atoms with E-state index in [9.17, 15) is 0 Å². The first-order valence-electron chi connectivity index (χ1n) is 8.02. The van der Waals surface area contributed by atoms with Gasteiger partial charge >= 0.3 is 0 Å². The minimum atomic E-state index is 0.103. The smallest absolute Gasteiger partial charge is 0.225 e. The van der Waals surface area contributed by atoms with Crippen LogP contribution in [0, 0.1) is 0 Å². The van der Waals surface area contributed by atoms with Crippen molar-refractivity contribution in [2.75, 3.05) is 23.8 Å². The first-order chi connectivity index (χ1) is 12.7. The van der Waals surface area contributed by atoms with Gasteiger partial charge in [-0.3, -0.25) is 4.98 Å². The van der Waals surface area contributed by atoms with Crippen LogP contribution in [0.4, 0.5) is 17.5 Å². The summed E-state index contributed by atoms with van der Waals surface area (Å²) in [5, 5.41) is 16.2. The van der Waals surface area contributed by atoms with E-state index in [1.807, 2.05) is 24.3 Å². The molecular formula is C18H17Cl2N5O. The maximum absolute atomic E-state index is 8.95. The number of pyridine rings is 1. The van der Waals surface area contributed by atoms with E-state index in [0.29, 0.717) is 34.8 Å². The molecule has 0 saturated heterocycles. The Morgan fingerprint density at radius 2 is 1.77 bits per heavy atom. The quantitative estimate of drug-likeness (QED) is 0.520. The van der Waals surface area contributed by atoms with Gasteiger partial charge in [-0.2, -0.15) is 4.98 Å². The second-order valence-corrected chi connectivity index (χ2v) is 6.27. The molecule has 26 heavy (non-hydrogen) atoms. The Morgan fingerprint density at radius 3 is 2.50 bits per heavy atom. The van der Waals surface area contributed by atoms with Gasteiger partial charge in [0.05, 0.1) is 15.7 Å². The number of benzene rings is 1. The van der Waals surface area contributed by atoms with E-state index in [-0.39, 0.29) is 6.61 Å². The van der Waals surface area contributed by atoms with Crippen LogP contribution in [0.5, 0.6) is 0 Å². The van der Waals surface area contributed by atoms with Crippen LogP contribution in [0.2, 0.25) is 10.0 Å². The van der Waals surface area contributed by atoms with Gasteiger partial charge < -0.3 is 15.7 Å². The van der Waals surface area contributed by atoms with Gasteiger partial charge in [0.25, 0.3) is 0 Å². The van der Waals surface area contributed by atoms with Crippen LogP contribution in [0.15, 0.2) is 48.8 Å². The highest BCUT2D eigenvalue weighted by atomic mass is 35.5. The predicted octanol–water partition coefficient (Wildman–Crippen LogP) is 4.38. The molecule has 0 amide bonds. The molecule has 6 nitrogen and oxygen atoms in total. The van der Waals surface area contributed by atoms with Crippen LogP contribution in [0.25, 0.3) is 11.3 Å². The molecule has 3 N–H and O–H groups in total. The van der Waals surface area contributed by atoms with Crippen LogP contribution >= 0.6 is 23.2 Å². The first kappa shape index (κ1) is 18.4. The van der Waals surface area contributed by atoms with Crippen molar-refractivity contribution < 1.29 is 5.11 Å². The highest BCUT2D eigenvalue weighted by molar-refractivity contribution is 6.42. The average Bonchev–Trinajstić information content (AvgIpc) is 2.66. The van der Waals surface area contributed by atoms with Crippen molar-refractivity contribution in [2.45, 2.75) is 6.42 Å². The fourth-order valence-corrected chi connectivity index (χ4v) is 2.56. The highest BCUT2D eigenvalue weighted by Crippen LogP contribution is 2.28. The SMILES string of the molecule is OCCCNc1nc(Nc2ccc(Cl)c(Cl)c2)cc(-c2ccncc2)n1. The van der Waals surface area contributed by atoms with Crippen molar-refractivity contribution in [3.63, 3.8) is 0 Å². The summed E-state index contributed by atoms with van der Waals surface area (Å²) in [6, 6.07) is 10.9. The number of aromatic nitrogens is 3. The van der Waals surface area contributed by atoms with Crippen molar-refractivity contribution in [1.82, 2.24) is 15.0 Å². The van der Waals surface area contributed by atoms with Gasteiger partial charge in [-0.15, -0.1) is 0 Å². The first-order valence-corrected chi connectivity index (χ1v) is 8.77. The van der Waals surface area contributed by atoms with Crippen LogP contribution < -0.4 is 10.6 Å². The van der Waals surface area contributed by atoms with E-state index in [0.717, 1.165) is 16.9 Å². The Morgan fingerprint density at radius 1 is 0.962 bits per heavy atom. The second-order valence-electron chi connectivity index (χ2n) is 5.46. The summed E-state index contributed by atoms with van der Waals surface area (Å²) < 4.78 is 0. The summed E-state index contributed by atoms with van der Waals surface area (Å²) >= 11 is 12.0. The van der Waals surface area contributed by atoms with Crippen molar-refractivity contribution in [1.29, 1.82) is 0 Å². The predicted molar refractivity (Wildman–Crippen MR) is 105 cm³/mol. The lowest BCUT2D eigenvalue weighted by Crippen LogP contribution is -2.08. The van der Waals surface area contributed by atoms with Gasteiger partial charge in [-0.05, 0) is 36.8 Å². The average molecular weight is 390 g/mol. The molecule has 2 aromatic heterocycles. The van der Waals surface area contributed by atoms with E-state index in [4.69, 9.17) is 28.3 Å². The summed E-state index contributed by atoms with van der Waals surface area (Å²) in [6.07, 6.45) is 4.03. The molecule has 2 heterocycles. The number of anilines is 3. The third kappa shape index (κ3) is 4.82. The van der Waals surface area contributed by atoms with E-state index in [1.165, 1.54) is 0 Å². The molecule has 3 rings (SSSR count). The maximum Gasteiger partial charge on any atom is 0.225 e. The summed E-state index contributed by atoms with van der Waals surface area (Å²) in [5.74, 6) is 1.08. The zero-order valence-corrected chi connectivity index (χ0v) is 15.3. The number of aliphatic hydroxyl groups is 1. The zero-order chi connectivity index (χ0) is 18.4. The van der Waals surface area contributed by atoms with Crippen molar-refractivity contribution in [3.05, 3.63) is 58.8 Å². The number of hydrogen-bond donors (Lipinski definition) is 3. The molecule has 0 radical (unpaired) electrons. The highest BCUT2D eigenvalue weighted by Gasteiger charge is 2.08. The standard InChI is InChI=1S/C18H17Cl2N5O/c19-14-3-2-13(10-15(14)20)23-17-11-16(12-4-7-21-8-5-12)24-18(25-17)22-6-1-9-26/h2-5,7-8,10-11,26H,1,6,9H2,(H2,22,23,24,25). The molecule has 8 heteroatoms. The van der Waals surface area contributed by atoms with Crippen LogP contribution in [-0.2, 0) is 0 Å². The maximum atomic E-state index is 8.95. The monoisotopic (exact) mass is 389 g/mol. The number of rotatable bonds is 7. The van der Waals surface area contributed by atoms with Crippen molar-refractivity contribution in [3.8, 4) is 11.3 Å². The van der Waals surface area contributed by atoms with Gasteiger partial charge in [0, 0.05) is 42.9 Å². The lowest BCUT2D eigenvalue weighted by Gasteiger charge is -2.12. The van der Waals surface area contributed by atoms with Gasteiger partial charge in [0.15, 0.2) is 0 Å². The lowest BCUT2D eigenvalue weighted by atomic mass is 10.2. The lowest BCUT2D eigenvalue weighted by molar-refractivity contribution is 0.292. The molecule has 0 atom stereocenters. The Kier molecular flexibility index (Phi) is 6.22. The molecule has 0 bridgehead atoms. The Hall–Kier alpha value is -2.41. The molecule has 0 unspecified atom stereocenters. The van der Waals surface area contributed by atoms with E-state index >= 15 is 0 Å². The van der Waals surface area contributed by atoms with Crippen LogP contribution in [0.1, 0.15) is 6.42 Å². The van der Waals surface area contributed by atoms with E-state index < -0.39 is 0 Å². The number of halogens is 2. The third-order valence-corrected chi connectivity index (χ3v) is 4.25. The van der Waals surface area contributed by atoms with Crippen LogP contribution in [-0.4, -0.2) is 33.2 Å². The topological polar surface area (TPSA) is 83.0 Å². The van der Waals surface area contributed by atoms with Crippen LogP contribution in [0.3, 0.4) is 0 Å². The summed E-state index contributed by atoms with van der Waals surface area (Å²) in [6.45, 7) is 0.675. The number of hydrogen-bond acceptors (Lipinski definition) is 6. The van der Waals surface area contributed by atoms with Gasteiger partial charge in [-0.1, -0.05) is 23.2 Å².